The molecule has 4 atom stereocenters. The van der Waals surface area contributed by atoms with Crippen molar-refractivity contribution in [2.45, 2.75) is 38.4 Å². The Hall–Kier alpha value is -2.31. The minimum Gasteiger partial charge on any atom is -0.421 e. The van der Waals surface area contributed by atoms with Gasteiger partial charge in [-0.2, -0.15) is 0 Å². The van der Waals surface area contributed by atoms with Crippen molar-refractivity contribution in [3.8, 4) is 5.75 Å². The number of nitrogens with two attached hydrogens (primary N) is 1. The Bertz CT molecular complexity index is 1470. The smallest absolute Gasteiger partial charge is 0.405 e. The van der Waals surface area contributed by atoms with E-state index in [9.17, 15) is 4.57 Å². The van der Waals surface area contributed by atoms with Crippen LogP contribution in [0, 0.1) is 0 Å². The molecule has 3 heterocycles. The number of imidazole rings is 1. The summed E-state index contributed by atoms with van der Waals surface area (Å²) in [6.45, 7) is 2.67. The molecule has 2 aromatic carbocycles. The van der Waals surface area contributed by atoms with E-state index in [0.717, 1.165) is 5.56 Å². The van der Waals surface area contributed by atoms with Crippen molar-refractivity contribution in [1.29, 1.82) is 0 Å². The summed E-state index contributed by atoms with van der Waals surface area (Å²) in [5.74, 6) is 1.83. The third kappa shape index (κ3) is 7.50. The number of para-hydroxylation sites is 1. The van der Waals surface area contributed by atoms with Crippen molar-refractivity contribution in [1.82, 2.24) is 19.5 Å². The molecule has 4 aromatic rings. The van der Waals surface area contributed by atoms with Gasteiger partial charge < -0.3 is 24.3 Å². The maximum absolute atomic E-state index is 14.2. The Labute approximate surface area is 245 Å². The molecule has 2 aromatic heterocycles. The lowest BCUT2D eigenvalue weighted by Gasteiger charge is -2.33. The minimum absolute atomic E-state index is 0.260. The highest BCUT2D eigenvalue weighted by molar-refractivity contribution is 8.76. The first-order valence-corrected chi connectivity index (χ1v) is 17.1. The quantitative estimate of drug-likeness (QED) is 0.147. The number of hydrogen-bond donors (Lipinski definition) is 1. The summed E-state index contributed by atoms with van der Waals surface area (Å²) in [6.07, 6.45) is 1.58. The summed E-state index contributed by atoms with van der Waals surface area (Å²) in [7, 11) is -0.508. The number of halogens is 1. The molecule has 5 rings (SSSR count). The molecule has 0 amide bonds. The zero-order valence-corrected chi connectivity index (χ0v) is 25.0. The highest BCUT2D eigenvalue weighted by Crippen LogP contribution is 2.53. The Kier molecular flexibility index (Phi) is 9.90. The van der Waals surface area contributed by atoms with Crippen LogP contribution in [0.1, 0.15) is 12.5 Å². The van der Waals surface area contributed by atoms with Crippen LogP contribution in [0.15, 0.2) is 67.3 Å². The Morgan fingerprint density at radius 3 is 2.62 bits per heavy atom. The minimum atomic E-state index is -3.85. The number of anilines is 1. The van der Waals surface area contributed by atoms with Crippen LogP contribution in [0.25, 0.3) is 11.2 Å². The molecule has 10 nitrogen and oxygen atoms in total. The molecule has 0 radical (unpaired) electrons. The van der Waals surface area contributed by atoms with E-state index in [-0.39, 0.29) is 24.3 Å². The van der Waals surface area contributed by atoms with Gasteiger partial charge in [-0.15, -0.1) is 0 Å². The molecular formula is C26H29ClN5O5PS2. The molecule has 0 bridgehead atoms. The molecule has 1 aliphatic rings. The van der Waals surface area contributed by atoms with Gasteiger partial charge in [-0.25, -0.2) is 19.5 Å². The maximum Gasteiger partial charge on any atom is 0.405 e. The lowest BCUT2D eigenvalue weighted by atomic mass is 10.2. The van der Waals surface area contributed by atoms with Gasteiger partial charge in [-0.05, 0) is 24.6 Å². The first-order valence-electron chi connectivity index (χ1n) is 12.5. The number of benzene rings is 2. The summed E-state index contributed by atoms with van der Waals surface area (Å²) in [5.41, 5.74) is 8.06. The molecular weight excluding hydrogens is 593 g/mol. The Balaban J connectivity index is 1.29. The lowest BCUT2D eigenvalue weighted by molar-refractivity contribution is -0.0192. The number of ether oxygens (including phenoxy) is 2. The predicted octanol–water partition coefficient (Wildman–Crippen LogP) is 6.06. The third-order valence-corrected chi connectivity index (χ3v) is 10.3. The Morgan fingerprint density at radius 1 is 1.07 bits per heavy atom. The molecule has 40 heavy (non-hydrogen) atoms. The highest BCUT2D eigenvalue weighted by Gasteiger charge is 2.38. The fourth-order valence-electron chi connectivity index (χ4n) is 4.01. The SMILES string of the molecule is C[C@H](Cn1cnc2c(N)ncnc21)OCP(=O)(Oc1ccccc1Cl)OC1CSSC[C@@H]1OCc1ccccc1. The Morgan fingerprint density at radius 2 is 1.82 bits per heavy atom. The van der Waals surface area contributed by atoms with Gasteiger partial charge in [-0.1, -0.05) is 75.7 Å². The first kappa shape index (κ1) is 29.2. The zero-order valence-electron chi connectivity index (χ0n) is 21.7. The van der Waals surface area contributed by atoms with Gasteiger partial charge in [0.05, 0.1) is 36.7 Å². The van der Waals surface area contributed by atoms with Crippen LogP contribution >= 0.6 is 40.8 Å². The molecule has 0 aliphatic carbocycles. The van der Waals surface area contributed by atoms with Gasteiger partial charge in [0.1, 0.15) is 23.7 Å². The maximum atomic E-state index is 14.2. The average Bonchev–Trinajstić information content (AvgIpc) is 3.37. The zero-order chi connectivity index (χ0) is 28.0. The van der Waals surface area contributed by atoms with E-state index in [4.69, 9.17) is 35.9 Å². The second-order valence-electron chi connectivity index (χ2n) is 9.12. The van der Waals surface area contributed by atoms with Crippen molar-refractivity contribution in [3.05, 3.63) is 77.8 Å². The van der Waals surface area contributed by atoms with Gasteiger partial charge in [0.15, 0.2) is 17.8 Å². The van der Waals surface area contributed by atoms with E-state index >= 15 is 0 Å². The van der Waals surface area contributed by atoms with Crippen LogP contribution in [0.2, 0.25) is 5.02 Å². The van der Waals surface area contributed by atoms with Gasteiger partial charge in [0, 0.05) is 11.5 Å². The van der Waals surface area contributed by atoms with E-state index in [0.29, 0.717) is 46.7 Å². The van der Waals surface area contributed by atoms with Crippen molar-refractivity contribution < 1.29 is 23.1 Å². The first-order chi connectivity index (χ1) is 19.4. The summed E-state index contributed by atoms with van der Waals surface area (Å²) in [4.78, 5) is 12.5. The normalized spacial score (nSPS) is 19.8. The third-order valence-electron chi connectivity index (χ3n) is 6.04. The van der Waals surface area contributed by atoms with Crippen LogP contribution in [0.3, 0.4) is 0 Å². The number of rotatable bonds is 12. The molecule has 14 heteroatoms. The molecule has 1 aliphatic heterocycles. The molecule has 1 saturated heterocycles. The van der Waals surface area contributed by atoms with Crippen LogP contribution in [-0.2, 0) is 31.7 Å². The topological polar surface area (TPSA) is 124 Å². The van der Waals surface area contributed by atoms with Crippen molar-refractivity contribution in [2.24, 2.45) is 0 Å². The van der Waals surface area contributed by atoms with Crippen molar-refractivity contribution in [3.63, 3.8) is 0 Å². The second kappa shape index (κ2) is 13.6. The van der Waals surface area contributed by atoms with E-state index in [1.165, 1.54) is 6.33 Å². The molecule has 1 fully saturated rings. The van der Waals surface area contributed by atoms with E-state index in [2.05, 4.69) is 15.0 Å². The monoisotopic (exact) mass is 621 g/mol. The summed E-state index contributed by atoms with van der Waals surface area (Å²) < 4.78 is 40.5. The number of hydrogen-bond acceptors (Lipinski definition) is 11. The highest BCUT2D eigenvalue weighted by atomic mass is 35.5. The standard InChI is InChI=1S/C26H29ClN5O5PS2/c1-18(11-32-16-31-24-25(28)29-15-30-26(24)32)35-17-38(33,36-21-10-6-5-9-20(21)27)37-23-14-40-39-13-22(23)34-12-19-7-3-2-4-8-19/h2-10,15-16,18,22-23H,11-14,17H2,1H3,(H2,28,29,30)/t18-,22+,23?,38?/m1/s1. The molecule has 0 saturated carbocycles. The van der Waals surface area contributed by atoms with E-state index < -0.39 is 13.7 Å². The fraction of sp³-hybridized carbons (Fsp3) is 0.346. The average molecular weight is 622 g/mol. The predicted molar refractivity (Wildman–Crippen MR) is 160 cm³/mol. The van der Waals surface area contributed by atoms with Gasteiger partial charge in [0.25, 0.3) is 0 Å². The summed E-state index contributed by atoms with van der Waals surface area (Å²) in [5, 5.41) is 0.326. The van der Waals surface area contributed by atoms with Crippen molar-refractivity contribution in [2.75, 3.05) is 23.6 Å². The van der Waals surface area contributed by atoms with Gasteiger partial charge in [0.2, 0.25) is 0 Å². The van der Waals surface area contributed by atoms with Gasteiger partial charge in [-0.3, -0.25) is 4.52 Å². The lowest BCUT2D eigenvalue weighted by Crippen LogP contribution is -2.38. The number of nitrogen functional groups attached to an aromatic ring is 1. The number of nitrogens with zero attached hydrogens (tertiary/aromatic N) is 4. The molecule has 2 N–H and O–H groups in total. The number of fused-ring (bicyclic) bond motifs is 1. The van der Waals surface area contributed by atoms with Crippen LogP contribution in [0.5, 0.6) is 5.75 Å². The van der Waals surface area contributed by atoms with Crippen LogP contribution in [0.4, 0.5) is 5.82 Å². The molecule has 2 unspecified atom stereocenters. The second-order valence-corrected chi connectivity index (χ2v) is 13.9. The molecule has 212 valence electrons. The van der Waals surface area contributed by atoms with E-state index in [1.54, 1.807) is 56.7 Å². The van der Waals surface area contributed by atoms with Crippen LogP contribution < -0.4 is 10.3 Å². The fourth-order valence-corrected chi connectivity index (χ4v) is 8.45. The molecule has 0 spiro atoms. The summed E-state index contributed by atoms with van der Waals surface area (Å²) >= 11 is 6.34. The van der Waals surface area contributed by atoms with E-state index in [1.807, 2.05) is 37.3 Å². The largest absolute Gasteiger partial charge is 0.421 e. The number of aromatic nitrogens is 4. The van der Waals surface area contributed by atoms with Gasteiger partial charge >= 0.3 is 7.60 Å². The van der Waals surface area contributed by atoms with Crippen LogP contribution in [-0.4, -0.2) is 55.7 Å². The summed E-state index contributed by atoms with van der Waals surface area (Å²) in [6, 6.07) is 16.8. The van der Waals surface area contributed by atoms with Crippen molar-refractivity contribution >= 4 is 57.8 Å².